The van der Waals surface area contributed by atoms with Crippen molar-refractivity contribution >= 4 is 17.4 Å². The lowest BCUT2D eigenvalue weighted by atomic mass is 9.97. The second kappa shape index (κ2) is 8.81. The fraction of sp³-hybridized carbons (Fsp3) is 0.429. The van der Waals surface area contributed by atoms with Gasteiger partial charge in [0.2, 0.25) is 0 Å². The fourth-order valence-corrected chi connectivity index (χ4v) is 3.50. The molecule has 1 saturated heterocycles. The molecule has 5 heteroatoms. The smallest absolute Gasteiger partial charge is 0.279 e. The maximum Gasteiger partial charge on any atom is 0.279 e. The first kappa shape index (κ1) is 18.4. The average Bonchev–Trinajstić information content (AvgIpc) is 2.69. The predicted molar refractivity (Wildman–Crippen MR) is 105 cm³/mol. The Morgan fingerprint density at radius 3 is 2.62 bits per heavy atom. The minimum atomic E-state index is 0.107. The molecule has 1 aliphatic heterocycles. The molecule has 5 nitrogen and oxygen atoms in total. The highest BCUT2D eigenvalue weighted by Gasteiger charge is 2.27. The summed E-state index contributed by atoms with van der Waals surface area (Å²) in [4.78, 5) is 19.5. The van der Waals surface area contributed by atoms with E-state index in [0.29, 0.717) is 12.5 Å². The number of rotatable bonds is 6. The number of aromatic nitrogens is 1. The number of nitrogens with zero attached hydrogens (tertiary/aromatic N) is 1. The highest BCUT2D eigenvalue weighted by atomic mass is 16.2. The second-order valence-electron chi connectivity index (χ2n) is 7.11. The van der Waals surface area contributed by atoms with Crippen LogP contribution in [-0.4, -0.2) is 38.6 Å². The lowest BCUT2D eigenvalue weighted by Gasteiger charge is -2.28. The first-order valence-electron chi connectivity index (χ1n) is 9.61. The molecule has 26 heavy (non-hydrogen) atoms. The maximum atomic E-state index is 12.5. The number of anilines is 2. The molecule has 0 saturated carbocycles. The van der Waals surface area contributed by atoms with Crippen LogP contribution in [0, 0.1) is 0 Å². The summed E-state index contributed by atoms with van der Waals surface area (Å²) >= 11 is 0. The van der Waals surface area contributed by atoms with Gasteiger partial charge in [0, 0.05) is 11.8 Å². The van der Waals surface area contributed by atoms with Crippen LogP contribution in [0.15, 0.2) is 48.7 Å². The topological polar surface area (TPSA) is 50.9 Å². The number of hydrogen-bond donors (Lipinski definition) is 2. The summed E-state index contributed by atoms with van der Waals surface area (Å²) in [7, 11) is 0. The van der Waals surface area contributed by atoms with Crippen molar-refractivity contribution in [1.82, 2.24) is 0 Å². The SMILES string of the molecule is CC[C@H](C)c1ccccc1NC(=O)C[NH+]1CCN(c2cccc[nH+]2)CC1. The van der Waals surface area contributed by atoms with E-state index in [1.807, 2.05) is 36.5 Å². The number of carbonyl (C=O) groups is 1. The molecular formula is C21H30N4O+2. The number of H-pyrrole nitrogens is 1. The van der Waals surface area contributed by atoms with Gasteiger partial charge in [0.1, 0.15) is 26.2 Å². The lowest BCUT2D eigenvalue weighted by Crippen LogP contribution is -3.15. The number of quaternary nitrogens is 1. The summed E-state index contributed by atoms with van der Waals surface area (Å²) in [5.74, 6) is 1.71. The normalized spacial score (nSPS) is 16.3. The molecule has 1 amide bonds. The van der Waals surface area contributed by atoms with Gasteiger partial charge in [0.15, 0.2) is 6.54 Å². The van der Waals surface area contributed by atoms with Crippen molar-refractivity contribution in [2.24, 2.45) is 0 Å². The molecule has 2 heterocycles. The van der Waals surface area contributed by atoms with E-state index in [0.717, 1.165) is 44.1 Å². The molecule has 0 radical (unpaired) electrons. The summed E-state index contributed by atoms with van der Waals surface area (Å²) in [5.41, 5.74) is 2.19. The van der Waals surface area contributed by atoms with Crippen molar-refractivity contribution in [3.05, 3.63) is 54.2 Å². The number of piperazine rings is 1. The number of amides is 1. The molecule has 3 N–H and O–H groups in total. The zero-order valence-electron chi connectivity index (χ0n) is 15.8. The van der Waals surface area contributed by atoms with Crippen LogP contribution in [-0.2, 0) is 4.79 Å². The molecule has 0 spiro atoms. The van der Waals surface area contributed by atoms with Crippen LogP contribution >= 0.6 is 0 Å². The van der Waals surface area contributed by atoms with Gasteiger partial charge < -0.3 is 10.2 Å². The molecule has 1 aromatic carbocycles. The molecule has 0 aliphatic carbocycles. The van der Waals surface area contributed by atoms with Crippen LogP contribution in [0.2, 0.25) is 0 Å². The Morgan fingerprint density at radius 1 is 1.19 bits per heavy atom. The predicted octanol–water partition coefficient (Wildman–Crippen LogP) is 1.36. The van der Waals surface area contributed by atoms with E-state index in [9.17, 15) is 4.79 Å². The van der Waals surface area contributed by atoms with Crippen molar-refractivity contribution in [3.8, 4) is 0 Å². The van der Waals surface area contributed by atoms with E-state index < -0.39 is 0 Å². The molecule has 1 aliphatic rings. The van der Waals surface area contributed by atoms with Crippen molar-refractivity contribution in [3.63, 3.8) is 0 Å². The van der Waals surface area contributed by atoms with E-state index in [1.165, 1.54) is 10.5 Å². The fourth-order valence-electron chi connectivity index (χ4n) is 3.50. The third-order valence-electron chi connectivity index (χ3n) is 5.29. The number of pyridine rings is 1. The van der Waals surface area contributed by atoms with Crippen molar-refractivity contribution < 1.29 is 14.7 Å². The minimum Gasteiger partial charge on any atom is -0.321 e. The molecule has 1 fully saturated rings. The summed E-state index contributed by atoms with van der Waals surface area (Å²) in [6.07, 6.45) is 3.02. The molecule has 1 aromatic heterocycles. The van der Waals surface area contributed by atoms with Gasteiger partial charge in [-0.2, -0.15) is 0 Å². The Labute approximate surface area is 156 Å². The number of para-hydroxylation sites is 1. The van der Waals surface area contributed by atoms with Gasteiger partial charge in [0.05, 0.1) is 6.20 Å². The molecule has 3 rings (SSSR count). The van der Waals surface area contributed by atoms with E-state index in [1.54, 1.807) is 0 Å². The summed E-state index contributed by atoms with van der Waals surface area (Å²) in [6, 6.07) is 14.3. The number of aromatic amines is 1. The molecular weight excluding hydrogens is 324 g/mol. The van der Waals surface area contributed by atoms with Gasteiger partial charge in [-0.25, -0.2) is 4.98 Å². The van der Waals surface area contributed by atoms with Gasteiger partial charge in [0.25, 0.3) is 11.7 Å². The number of benzene rings is 1. The van der Waals surface area contributed by atoms with Crippen LogP contribution in [0.3, 0.4) is 0 Å². The van der Waals surface area contributed by atoms with Gasteiger partial charge in [-0.3, -0.25) is 9.69 Å². The quantitative estimate of drug-likeness (QED) is 0.823. The Bertz CT molecular complexity index is 711. The molecule has 2 aromatic rings. The van der Waals surface area contributed by atoms with Gasteiger partial charge in [-0.15, -0.1) is 0 Å². The van der Waals surface area contributed by atoms with E-state index in [-0.39, 0.29) is 5.91 Å². The van der Waals surface area contributed by atoms with Gasteiger partial charge in [-0.05, 0) is 30.0 Å². The van der Waals surface area contributed by atoms with E-state index in [4.69, 9.17) is 0 Å². The Morgan fingerprint density at radius 2 is 1.92 bits per heavy atom. The second-order valence-corrected chi connectivity index (χ2v) is 7.11. The summed E-state index contributed by atoms with van der Waals surface area (Å²) < 4.78 is 0. The highest BCUT2D eigenvalue weighted by Crippen LogP contribution is 2.26. The van der Waals surface area contributed by atoms with Crippen LogP contribution < -0.4 is 20.1 Å². The molecule has 0 unspecified atom stereocenters. The number of hydrogen-bond acceptors (Lipinski definition) is 2. The Kier molecular flexibility index (Phi) is 6.23. The molecule has 0 bridgehead atoms. The number of nitrogens with one attached hydrogen (secondary N) is 3. The van der Waals surface area contributed by atoms with E-state index in [2.05, 4.69) is 41.2 Å². The van der Waals surface area contributed by atoms with Crippen molar-refractivity contribution in [2.75, 3.05) is 42.9 Å². The monoisotopic (exact) mass is 354 g/mol. The third-order valence-corrected chi connectivity index (χ3v) is 5.29. The first-order valence-corrected chi connectivity index (χ1v) is 9.61. The summed E-state index contributed by atoms with van der Waals surface area (Å²) in [6.45, 7) is 8.79. The Hall–Kier alpha value is -2.40. The zero-order chi connectivity index (χ0) is 18.4. The zero-order valence-corrected chi connectivity index (χ0v) is 15.8. The molecule has 138 valence electrons. The minimum absolute atomic E-state index is 0.107. The van der Waals surface area contributed by atoms with Crippen LogP contribution in [0.4, 0.5) is 11.5 Å². The highest BCUT2D eigenvalue weighted by molar-refractivity contribution is 5.92. The van der Waals surface area contributed by atoms with Gasteiger partial charge in [-0.1, -0.05) is 38.1 Å². The van der Waals surface area contributed by atoms with Gasteiger partial charge >= 0.3 is 0 Å². The summed E-state index contributed by atoms with van der Waals surface area (Å²) in [5, 5.41) is 3.14. The average molecular weight is 354 g/mol. The van der Waals surface area contributed by atoms with Crippen LogP contribution in [0.1, 0.15) is 31.7 Å². The largest absolute Gasteiger partial charge is 0.321 e. The lowest BCUT2D eigenvalue weighted by molar-refractivity contribution is -0.892. The maximum absolute atomic E-state index is 12.5. The van der Waals surface area contributed by atoms with Crippen LogP contribution in [0.5, 0.6) is 0 Å². The first-order chi connectivity index (χ1) is 12.7. The number of carbonyl (C=O) groups excluding carboxylic acids is 1. The standard InChI is InChI=1S/C21H28N4O/c1-3-17(2)18-8-4-5-9-19(18)23-21(26)16-24-12-14-25(15-13-24)20-10-6-7-11-22-20/h4-11,17H,3,12-16H2,1-2H3,(H,23,26)/p+2/t17-/m0/s1. The van der Waals surface area contributed by atoms with Crippen molar-refractivity contribution in [1.29, 1.82) is 0 Å². The Balaban J connectivity index is 1.52. The van der Waals surface area contributed by atoms with Crippen molar-refractivity contribution in [2.45, 2.75) is 26.2 Å². The van der Waals surface area contributed by atoms with Crippen LogP contribution in [0.25, 0.3) is 0 Å². The third kappa shape index (κ3) is 4.61. The molecule has 1 atom stereocenters. The van der Waals surface area contributed by atoms with E-state index >= 15 is 0 Å².